The van der Waals surface area contributed by atoms with Crippen molar-refractivity contribution in [3.8, 4) is 0 Å². The summed E-state index contributed by atoms with van der Waals surface area (Å²) in [5.74, 6) is -1.96. The quantitative estimate of drug-likeness (QED) is 0.0754. The molecule has 0 aromatic heterocycles. The van der Waals surface area contributed by atoms with Crippen LogP contribution < -0.4 is 0 Å². The number of carbonyl (C=O) groups excluding carboxylic acids is 2. The average Bonchev–Trinajstić information content (AvgIpc) is 3.21. The fourth-order valence-electron chi connectivity index (χ4n) is 8.97. The van der Waals surface area contributed by atoms with E-state index in [0.29, 0.717) is 0 Å². The third-order valence-corrected chi connectivity index (χ3v) is 12.6. The van der Waals surface area contributed by atoms with Crippen molar-refractivity contribution in [3.63, 3.8) is 0 Å². The number of hydrogen-bond donors (Lipinski definition) is 2. The van der Waals surface area contributed by atoms with Gasteiger partial charge in [0.25, 0.3) is 0 Å². The smallest absolute Gasteiger partial charge is 0.349 e. The number of ether oxygens (including phenoxy) is 2. The van der Waals surface area contributed by atoms with E-state index in [-0.39, 0.29) is 11.1 Å². The molecule has 0 radical (unpaired) electrons. The number of unbranched alkanes of at least 4 members (excludes halogenated alkanes) is 6. The Bertz CT molecular complexity index is 1340. The van der Waals surface area contributed by atoms with E-state index in [4.69, 9.17) is 9.47 Å². The number of aliphatic carboxylic acids is 2. The minimum atomic E-state index is -2.23. The van der Waals surface area contributed by atoms with Gasteiger partial charge in [0, 0.05) is 0 Å². The first kappa shape index (κ1) is 45.0. The van der Waals surface area contributed by atoms with Crippen molar-refractivity contribution >= 4 is 23.9 Å². The molecule has 4 rings (SSSR count). The van der Waals surface area contributed by atoms with E-state index >= 15 is 0 Å². The van der Waals surface area contributed by atoms with Gasteiger partial charge in [0.15, 0.2) is 0 Å². The van der Waals surface area contributed by atoms with Crippen LogP contribution in [0.25, 0.3) is 0 Å². The highest BCUT2D eigenvalue weighted by Crippen LogP contribution is 2.36. The van der Waals surface area contributed by atoms with Gasteiger partial charge in [-0.25, -0.2) is 19.2 Å². The Morgan fingerprint density at radius 3 is 1.04 bits per heavy atom. The molecule has 0 amide bonds. The summed E-state index contributed by atoms with van der Waals surface area (Å²) in [6, 6.07) is 13.5. The number of aryl methyl sites for hydroxylation is 2. The monoisotopic (exact) mass is 775 g/mol. The van der Waals surface area contributed by atoms with Crippen LogP contribution in [0, 0.1) is 23.7 Å². The molecule has 0 heterocycles. The largest absolute Gasteiger partial charge is 0.478 e. The molecule has 2 fully saturated rings. The Morgan fingerprint density at radius 1 is 0.482 bits per heavy atom. The van der Waals surface area contributed by atoms with Gasteiger partial charge in [-0.3, -0.25) is 0 Å². The molecule has 0 aliphatic heterocycles. The lowest BCUT2D eigenvalue weighted by Gasteiger charge is -2.28. The van der Waals surface area contributed by atoms with Gasteiger partial charge < -0.3 is 19.7 Å². The molecule has 8 nitrogen and oxygen atoms in total. The van der Waals surface area contributed by atoms with Crippen LogP contribution in [0.4, 0.5) is 0 Å². The van der Waals surface area contributed by atoms with Gasteiger partial charge in [-0.05, 0) is 84.7 Å². The second-order valence-corrected chi connectivity index (χ2v) is 17.0. The van der Waals surface area contributed by atoms with Crippen LogP contribution >= 0.6 is 0 Å². The first-order valence-electron chi connectivity index (χ1n) is 22.2. The van der Waals surface area contributed by atoms with E-state index in [9.17, 15) is 29.4 Å². The number of carbonyl (C=O) groups is 4. The van der Waals surface area contributed by atoms with Crippen molar-refractivity contribution in [2.45, 2.75) is 180 Å². The number of benzene rings is 2. The van der Waals surface area contributed by atoms with E-state index in [1.54, 1.807) is 24.3 Å². The highest BCUT2D eigenvalue weighted by atomic mass is 16.6. The van der Waals surface area contributed by atoms with Gasteiger partial charge in [0.2, 0.25) is 12.2 Å². The molecule has 56 heavy (non-hydrogen) atoms. The lowest BCUT2D eigenvalue weighted by Crippen LogP contribution is -2.45. The van der Waals surface area contributed by atoms with E-state index in [1.165, 1.54) is 116 Å². The highest BCUT2D eigenvalue weighted by molar-refractivity contribution is 5.95. The van der Waals surface area contributed by atoms with E-state index < -0.39 is 36.1 Å². The van der Waals surface area contributed by atoms with Crippen molar-refractivity contribution in [3.05, 3.63) is 70.8 Å². The predicted molar refractivity (Wildman–Crippen MR) is 221 cm³/mol. The summed E-state index contributed by atoms with van der Waals surface area (Å²) in [6.07, 6.45) is 25.9. The Hall–Kier alpha value is -3.68. The van der Waals surface area contributed by atoms with Crippen LogP contribution in [-0.4, -0.2) is 46.3 Å². The summed E-state index contributed by atoms with van der Waals surface area (Å²) >= 11 is 0. The standard InChI is InChI=1S/C48H70O8/c1-3-5-7-13-35-19-23-37(24-20-35)15-9-11-17-39-27-31-41(32-28-39)47(53)55-43(45(49)50)44(46(51)52)56-48(54)42-33-29-40(30-34-42)18-12-10-16-38-25-21-36(22-26-38)14-8-6-4-2/h27-38,43-44H,3-26H2,1-2H3,(H,49,50)(H,51,52)/t35-,36-,37-,38-,43-,44-/m1/s1. The number of esters is 2. The van der Waals surface area contributed by atoms with Crippen LogP contribution in [0.3, 0.4) is 0 Å². The fourth-order valence-corrected chi connectivity index (χ4v) is 8.97. The van der Waals surface area contributed by atoms with E-state index in [0.717, 1.165) is 73.3 Å². The second-order valence-electron chi connectivity index (χ2n) is 17.0. The minimum Gasteiger partial charge on any atom is -0.478 e. The van der Waals surface area contributed by atoms with Gasteiger partial charge in [0.1, 0.15) is 0 Å². The molecule has 0 unspecified atom stereocenters. The van der Waals surface area contributed by atoms with Gasteiger partial charge in [0.05, 0.1) is 11.1 Å². The summed E-state index contributed by atoms with van der Waals surface area (Å²) in [5, 5.41) is 19.7. The van der Waals surface area contributed by atoms with Crippen molar-refractivity contribution in [1.82, 2.24) is 0 Å². The molecule has 2 aliphatic carbocycles. The number of carboxylic acids is 2. The molecule has 2 atom stereocenters. The lowest BCUT2D eigenvalue weighted by atomic mass is 9.78. The third-order valence-electron chi connectivity index (χ3n) is 12.6. The summed E-state index contributed by atoms with van der Waals surface area (Å²) in [6.45, 7) is 4.52. The number of hydrogen-bond acceptors (Lipinski definition) is 6. The maximum Gasteiger partial charge on any atom is 0.349 e. The molecule has 8 heteroatoms. The fraction of sp³-hybridized carbons (Fsp3) is 0.667. The molecule has 2 N–H and O–H groups in total. The van der Waals surface area contributed by atoms with Crippen molar-refractivity contribution in [2.24, 2.45) is 23.7 Å². The summed E-state index contributed by atoms with van der Waals surface area (Å²) < 4.78 is 10.3. The van der Waals surface area contributed by atoms with E-state index in [1.807, 2.05) is 24.3 Å². The molecule has 310 valence electrons. The minimum absolute atomic E-state index is 0.0898. The molecular weight excluding hydrogens is 705 g/mol. The number of carboxylic acid groups (broad SMARTS) is 2. The van der Waals surface area contributed by atoms with Gasteiger partial charge in [-0.1, -0.05) is 167 Å². The molecule has 0 bridgehead atoms. The SMILES string of the molecule is CCCCC[C@H]1CC[C@H](CCCCc2ccc(C(=O)O[C@@H](C(=O)O)[C@@H](OC(=O)c3ccc(CCCC[C@H]4CC[C@H](CCCCC)CC4)cc3)C(=O)O)cc2)CC1. The summed E-state index contributed by atoms with van der Waals surface area (Å²) in [4.78, 5) is 50.2. The van der Waals surface area contributed by atoms with Crippen molar-refractivity contribution in [1.29, 1.82) is 0 Å². The molecule has 2 aromatic carbocycles. The molecule has 0 saturated heterocycles. The Morgan fingerprint density at radius 2 is 0.768 bits per heavy atom. The first-order valence-corrected chi connectivity index (χ1v) is 22.2. The Balaban J connectivity index is 1.17. The van der Waals surface area contributed by atoms with E-state index in [2.05, 4.69) is 13.8 Å². The van der Waals surface area contributed by atoms with Crippen LogP contribution in [0.15, 0.2) is 48.5 Å². The molecule has 2 aliphatic rings. The van der Waals surface area contributed by atoms with Crippen molar-refractivity contribution in [2.75, 3.05) is 0 Å². The zero-order valence-electron chi connectivity index (χ0n) is 34.4. The Labute approximate surface area is 336 Å². The average molecular weight is 775 g/mol. The summed E-state index contributed by atoms with van der Waals surface area (Å²) in [7, 11) is 0. The predicted octanol–water partition coefficient (Wildman–Crippen LogP) is 11.8. The molecule has 2 aromatic rings. The molecular formula is C48H70O8. The highest BCUT2D eigenvalue weighted by Gasteiger charge is 2.41. The van der Waals surface area contributed by atoms with Crippen LogP contribution in [-0.2, 0) is 31.9 Å². The van der Waals surface area contributed by atoms with Crippen LogP contribution in [0.2, 0.25) is 0 Å². The maximum absolute atomic E-state index is 13.0. The normalized spacial score (nSPS) is 20.8. The zero-order chi connectivity index (χ0) is 40.1. The number of rotatable bonds is 25. The van der Waals surface area contributed by atoms with Crippen LogP contribution in [0.5, 0.6) is 0 Å². The summed E-state index contributed by atoms with van der Waals surface area (Å²) in [5.41, 5.74) is 2.30. The second kappa shape index (κ2) is 24.8. The third kappa shape index (κ3) is 15.7. The topological polar surface area (TPSA) is 127 Å². The Kier molecular flexibility index (Phi) is 20.0. The van der Waals surface area contributed by atoms with Gasteiger partial charge >= 0.3 is 23.9 Å². The lowest BCUT2D eigenvalue weighted by molar-refractivity contribution is -0.166. The molecule has 0 spiro atoms. The van der Waals surface area contributed by atoms with Crippen molar-refractivity contribution < 1.29 is 38.9 Å². The zero-order valence-corrected chi connectivity index (χ0v) is 34.4. The van der Waals surface area contributed by atoms with Gasteiger partial charge in [-0.15, -0.1) is 0 Å². The first-order chi connectivity index (χ1) is 27.2. The van der Waals surface area contributed by atoms with Crippen LogP contribution in [0.1, 0.15) is 187 Å². The molecule has 2 saturated carbocycles. The maximum atomic E-state index is 13.0. The van der Waals surface area contributed by atoms with Gasteiger partial charge in [-0.2, -0.15) is 0 Å².